The van der Waals surface area contributed by atoms with Crippen molar-refractivity contribution < 1.29 is 14.5 Å². The second-order valence-electron chi connectivity index (χ2n) is 7.25. The number of ether oxygens (including phenoxy) is 1. The van der Waals surface area contributed by atoms with Crippen LogP contribution in [-0.4, -0.2) is 16.9 Å². The minimum atomic E-state index is -0.751. The predicted octanol–water partition coefficient (Wildman–Crippen LogP) is 4.61. The second kappa shape index (κ2) is 7.56. The number of hydrogen-bond donors (Lipinski definition) is 1. The molecular formula is C20H24N2O4. The van der Waals surface area contributed by atoms with E-state index in [4.69, 9.17) is 4.74 Å². The van der Waals surface area contributed by atoms with Gasteiger partial charge in [-0.15, -0.1) is 0 Å². The first-order valence-electron chi connectivity index (χ1n) is 8.41. The van der Waals surface area contributed by atoms with E-state index in [-0.39, 0.29) is 17.0 Å². The fourth-order valence-corrected chi connectivity index (χ4v) is 2.56. The monoisotopic (exact) mass is 356 g/mol. The van der Waals surface area contributed by atoms with E-state index in [0.717, 1.165) is 5.56 Å². The van der Waals surface area contributed by atoms with E-state index in [1.807, 2.05) is 24.3 Å². The van der Waals surface area contributed by atoms with Gasteiger partial charge in [0.15, 0.2) is 6.10 Å². The zero-order valence-electron chi connectivity index (χ0n) is 15.7. The maximum atomic E-state index is 12.4. The van der Waals surface area contributed by atoms with Crippen LogP contribution in [-0.2, 0) is 10.2 Å². The summed E-state index contributed by atoms with van der Waals surface area (Å²) in [6.07, 6.45) is -0.751. The van der Waals surface area contributed by atoms with Crippen molar-refractivity contribution in [3.63, 3.8) is 0 Å². The summed E-state index contributed by atoms with van der Waals surface area (Å²) in [6.45, 7) is 9.53. The first-order chi connectivity index (χ1) is 12.1. The molecule has 0 saturated heterocycles. The first kappa shape index (κ1) is 19.4. The number of rotatable bonds is 5. The predicted molar refractivity (Wildman–Crippen MR) is 102 cm³/mol. The van der Waals surface area contributed by atoms with E-state index in [1.54, 1.807) is 26.0 Å². The molecule has 26 heavy (non-hydrogen) atoms. The van der Waals surface area contributed by atoms with Crippen LogP contribution in [0.15, 0.2) is 42.5 Å². The van der Waals surface area contributed by atoms with E-state index < -0.39 is 11.0 Å². The van der Waals surface area contributed by atoms with Gasteiger partial charge in [0.05, 0.1) is 4.92 Å². The van der Waals surface area contributed by atoms with Gasteiger partial charge >= 0.3 is 0 Å². The van der Waals surface area contributed by atoms with Gasteiger partial charge in [-0.2, -0.15) is 0 Å². The Morgan fingerprint density at radius 2 is 1.85 bits per heavy atom. The molecule has 2 rings (SSSR count). The normalized spacial score (nSPS) is 12.3. The molecule has 0 aliphatic rings. The second-order valence-corrected chi connectivity index (χ2v) is 7.25. The molecule has 6 heteroatoms. The third-order valence-electron chi connectivity index (χ3n) is 4.04. The summed E-state index contributed by atoms with van der Waals surface area (Å²) < 4.78 is 5.86. The fourth-order valence-electron chi connectivity index (χ4n) is 2.56. The quantitative estimate of drug-likeness (QED) is 0.627. The zero-order chi connectivity index (χ0) is 19.5. The number of amides is 1. The molecule has 0 saturated carbocycles. The molecule has 0 heterocycles. The SMILES string of the molecule is Cc1ccc(NC(=O)C(C)Oc2ccccc2C(C)(C)C)cc1[N+](=O)[O-]. The Labute approximate surface area is 153 Å². The maximum absolute atomic E-state index is 12.4. The van der Waals surface area contributed by atoms with Crippen LogP contribution in [0.3, 0.4) is 0 Å². The Kier molecular flexibility index (Phi) is 5.65. The Hall–Kier alpha value is -2.89. The largest absolute Gasteiger partial charge is 0.481 e. The molecule has 6 nitrogen and oxygen atoms in total. The highest BCUT2D eigenvalue weighted by Crippen LogP contribution is 2.31. The summed E-state index contributed by atoms with van der Waals surface area (Å²) in [4.78, 5) is 23.0. The standard InChI is InChI=1S/C20H24N2O4/c1-13-10-11-15(12-17(13)22(24)25)21-19(23)14(2)26-18-9-7-6-8-16(18)20(3,4)5/h6-12,14H,1-5H3,(H,21,23). The molecule has 0 bridgehead atoms. The Morgan fingerprint density at radius 3 is 2.46 bits per heavy atom. The molecule has 0 radical (unpaired) electrons. The number of anilines is 1. The Morgan fingerprint density at radius 1 is 1.19 bits per heavy atom. The van der Waals surface area contributed by atoms with Crippen molar-refractivity contribution in [2.75, 3.05) is 5.32 Å². The lowest BCUT2D eigenvalue weighted by molar-refractivity contribution is -0.385. The summed E-state index contributed by atoms with van der Waals surface area (Å²) in [6, 6.07) is 12.2. The maximum Gasteiger partial charge on any atom is 0.274 e. The van der Waals surface area contributed by atoms with Crippen LogP contribution in [0.5, 0.6) is 5.75 Å². The average Bonchev–Trinajstić information content (AvgIpc) is 2.55. The van der Waals surface area contributed by atoms with Gasteiger partial charge in [-0.25, -0.2) is 0 Å². The van der Waals surface area contributed by atoms with E-state index in [2.05, 4.69) is 26.1 Å². The number of carbonyl (C=O) groups is 1. The van der Waals surface area contributed by atoms with Gasteiger partial charge in [0.2, 0.25) is 0 Å². The van der Waals surface area contributed by atoms with Crippen LogP contribution >= 0.6 is 0 Å². The molecule has 1 amide bonds. The number of nitro groups is 1. The van der Waals surface area contributed by atoms with Gasteiger partial charge in [0, 0.05) is 17.3 Å². The van der Waals surface area contributed by atoms with Crippen molar-refractivity contribution >= 4 is 17.3 Å². The van der Waals surface area contributed by atoms with Crippen LogP contribution in [0, 0.1) is 17.0 Å². The van der Waals surface area contributed by atoms with Gasteiger partial charge in [0.1, 0.15) is 5.75 Å². The molecule has 0 aliphatic heterocycles. The highest BCUT2D eigenvalue weighted by atomic mass is 16.6. The van der Waals surface area contributed by atoms with Gasteiger partial charge in [-0.3, -0.25) is 14.9 Å². The topological polar surface area (TPSA) is 81.5 Å². The van der Waals surface area contributed by atoms with Crippen LogP contribution in [0.2, 0.25) is 0 Å². The average molecular weight is 356 g/mol. The summed E-state index contributed by atoms with van der Waals surface area (Å²) in [5.41, 5.74) is 1.76. The van der Waals surface area contributed by atoms with Gasteiger partial charge in [-0.05, 0) is 37.0 Å². The third kappa shape index (κ3) is 4.59. The molecule has 1 N–H and O–H groups in total. The van der Waals surface area contributed by atoms with E-state index in [1.165, 1.54) is 6.07 Å². The molecule has 0 fully saturated rings. The number of para-hydroxylation sites is 1. The van der Waals surface area contributed by atoms with Crippen molar-refractivity contribution in [1.82, 2.24) is 0 Å². The van der Waals surface area contributed by atoms with Crippen molar-refractivity contribution in [2.45, 2.75) is 46.1 Å². The fraction of sp³-hybridized carbons (Fsp3) is 0.350. The lowest BCUT2D eigenvalue weighted by atomic mass is 9.86. The van der Waals surface area contributed by atoms with E-state index in [0.29, 0.717) is 17.0 Å². The molecule has 0 spiro atoms. The van der Waals surface area contributed by atoms with Crippen LogP contribution in [0.4, 0.5) is 11.4 Å². The molecular weight excluding hydrogens is 332 g/mol. The molecule has 2 aromatic carbocycles. The molecule has 0 aliphatic carbocycles. The summed E-state index contributed by atoms with van der Waals surface area (Å²) >= 11 is 0. The van der Waals surface area contributed by atoms with Gasteiger partial charge < -0.3 is 10.1 Å². The number of nitrogens with one attached hydrogen (secondary N) is 1. The minimum Gasteiger partial charge on any atom is -0.481 e. The molecule has 2 aromatic rings. The zero-order valence-corrected chi connectivity index (χ0v) is 15.7. The van der Waals surface area contributed by atoms with Crippen molar-refractivity contribution in [1.29, 1.82) is 0 Å². The van der Waals surface area contributed by atoms with E-state index >= 15 is 0 Å². The van der Waals surface area contributed by atoms with E-state index in [9.17, 15) is 14.9 Å². The number of benzene rings is 2. The number of hydrogen-bond acceptors (Lipinski definition) is 4. The number of aryl methyl sites for hydroxylation is 1. The molecule has 1 unspecified atom stereocenters. The Balaban J connectivity index is 2.15. The van der Waals surface area contributed by atoms with Crippen molar-refractivity contribution in [3.8, 4) is 5.75 Å². The smallest absolute Gasteiger partial charge is 0.274 e. The summed E-state index contributed by atoms with van der Waals surface area (Å²) in [5, 5.41) is 13.7. The number of nitrogens with zero attached hydrogens (tertiary/aromatic N) is 1. The summed E-state index contributed by atoms with van der Waals surface area (Å²) in [7, 11) is 0. The number of carbonyl (C=O) groups excluding carboxylic acids is 1. The number of nitro benzene ring substituents is 1. The van der Waals surface area contributed by atoms with Gasteiger partial charge in [-0.1, -0.05) is 45.0 Å². The Bertz CT molecular complexity index is 825. The van der Waals surface area contributed by atoms with Crippen LogP contribution < -0.4 is 10.1 Å². The van der Waals surface area contributed by atoms with Crippen molar-refractivity contribution in [2.24, 2.45) is 0 Å². The van der Waals surface area contributed by atoms with Crippen LogP contribution in [0.25, 0.3) is 0 Å². The van der Waals surface area contributed by atoms with Crippen molar-refractivity contribution in [3.05, 3.63) is 63.7 Å². The highest BCUT2D eigenvalue weighted by Gasteiger charge is 2.22. The lowest BCUT2D eigenvalue weighted by Gasteiger charge is -2.24. The molecule has 1 atom stereocenters. The first-order valence-corrected chi connectivity index (χ1v) is 8.41. The lowest BCUT2D eigenvalue weighted by Crippen LogP contribution is -2.31. The van der Waals surface area contributed by atoms with Gasteiger partial charge in [0.25, 0.3) is 11.6 Å². The van der Waals surface area contributed by atoms with Crippen LogP contribution in [0.1, 0.15) is 38.8 Å². The molecule has 0 aromatic heterocycles. The molecule has 138 valence electrons. The minimum absolute atomic E-state index is 0.0329. The summed E-state index contributed by atoms with van der Waals surface area (Å²) in [5.74, 6) is 0.282. The third-order valence-corrected chi connectivity index (χ3v) is 4.04. The highest BCUT2D eigenvalue weighted by molar-refractivity contribution is 5.94.